The molecule has 0 spiro atoms. The molecule has 0 saturated carbocycles. The Bertz CT molecular complexity index is 912. The highest BCUT2D eigenvalue weighted by molar-refractivity contribution is 7.22. The van der Waals surface area contributed by atoms with Gasteiger partial charge in [-0.3, -0.25) is 14.6 Å². The predicted octanol–water partition coefficient (Wildman–Crippen LogP) is 3.77. The molecular formula is C21H23ClFN3O2S. The molecule has 1 aromatic heterocycles. The maximum atomic E-state index is 13.2. The Kier molecular flexibility index (Phi) is 7.55. The fraction of sp³-hybridized carbons (Fsp3) is 0.333. The molecule has 5 nitrogen and oxygen atoms in total. The Balaban J connectivity index is 0.00000240. The van der Waals surface area contributed by atoms with Crippen LogP contribution in [-0.2, 0) is 16.0 Å². The van der Waals surface area contributed by atoms with E-state index in [1.54, 1.807) is 17.0 Å². The van der Waals surface area contributed by atoms with Gasteiger partial charge in [0.25, 0.3) is 0 Å². The molecular weight excluding hydrogens is 413 g/mol. The zero-order valence-corrected chi connectivity index (χ0v) is 17.6. The first-order valence-electron chi connectivity index (χ1n) is 9.39. The largest absolute Gasteiger partial charge is 0.379 e. The number of ether oxygens (including phenoxy) is 1. The van der Waals surface area contributed by atoms with Gasteiger partial charge >= 0.3 is 0 Å². The average molecular weight is 436 g/mol. The SMILES string of the molecule is Cl.O=C(Cc1ccc(F)cc1)N(CCN1CCOCC1)c1nc2ccccc2s1. The number of hydrogen-bond donors (Lipinski definition) is 0. The second-order valence-electron chi connectivity index (χ2n) is 6.77. The van der Waals surface area contributed by atoms with Gasteiger partial charge in [0.1, 0.15) is 5.82 Å². The number of nitrogens with zero attached hydrogens (tertiary/aromatic N) is 3. The van der Waals surface area contributed by atoms with E-state index in [-0.39, 0.29) is 30.6 Å². The van der Waals surface area contributed by atoms with E-state index in [0.717, 1.165) is 48.6 Å². The van der Waals surface area contributed by atoms with Gasteiger partial charge in [-0.15, -0.1) is 12.4 Å². The molecule has 1 amide bonds. The first-order chi connectivity index (χ1) is 13.7. The molecule has 29 heavy (non-hydrogen) atoms. The first kappa shape index (κ1) is 21.6. The van der Waals surface area contributed by atoms with Gasteiger partial charge in [-0.05, 0) is 29.8 Å². The first-order valence-corrected chi connectivity index (χ1v) is 10.2. The van der Waals surface area contributed by atoms with Crippen LogP contribution in [0.5, 0.6) is 0 Å². The highest BCUT2D eigenvalue weighted by atomic mass is 35.5. The average Bonchev–Trinajstić information content (AvgIpc) is 3.14. The van der Waals surface area contributed by atoms with Gasteiger partial charge in [0.15, 0.2) is 5.13 Å². The quantitative estimate of drug-likeness (QED) is 0.591. The summed E-state index contributed by atoms with van der Waals surface area (Å²) in [7, 11) is 0. The highest BCUT2D eigenvalue weighted by Crippen LogP contribution is 2.29. The van der Waals surface area contributed by atoms with Crippen LogP contribution in [0.15, 0.2) is 48.5 Å². The van der Waals surface area contributed by atoms with Crippen LogP contribution in [-0.4, -0.2) is 55.2 Å². The lowest BCUT2D eigenvalue weighted by Crippen LogP contribution is -2.43. The minimum absolute atomic E-state index is 0. The van der Waals surface area contributed by atoms with Crippen LogP contribution in [0.4, 0.5) is 9.52 Å². The molecule has 4 rings (SSSR count). The van der Waals surface area contributed by atoms with Gasteiger partial charge in [-0.1, -0.05) is 35.6 Å². The van der Waals surface area contributed by atoms with Gasteiger partial charge in [-0.25, -0.2) is 9.37 Å². The second-order valence-corrected chi connectivity index (χ2v) is 7.78. The third-order valence-electron chi connectivity index (χ3n) is 4.83. The standard InChI is InChI=1S/C21H22FN3O2S.ClH/c22-17-7-5-16(6-8-17)15-20(26)25(10-9-24-11-13-27-14-12-24)21-23-18-3-1-2-4-19(18)28-21;/h1-8H,9-15H2;1H. The second kappa shape index (κ2) is 10.1. The van der Waals surface area contributed by atoms with Crippen LogP contribution in [0.1, 0.15) is 5.56 Å². The van der Waals surface area contributed by atoms with Crippen LogP contribution in [0.3, 0.4) is 0 Å². The van der Waals surface area contributed by atoms with Crippen molar-refractivity contribution in [2.75, 3.05) is 44.3 Å². The van der Waals surface area contributed by atoms with Crippen LogP contribution in [0.2, 0.25) is 0 Å². The molecule has 1 fully saturated rings. The topological polar surface area (TPSA) is 45.7 Å². The minimum atomic E-state index is -0.299. The number of aromatic nitrogens is 1. The Morgan fingerprint density at radius 1 is 1.14 bits per heavy atom. The molecule has 8 heteroatoms. The summed E-state index contributed by atoms with van der Waals surface area (Å²) in [6.45, 7) is 4.54. The van der Waals surface area contributed by atoms with E-state index in [0.29, 0.717) is 11.7 Å². The molecule has 0 N–H and O–H groups in total. The molecule has 0 bridgehead atoms. The lowest BCUT2D eigenvalue weighted by Gasteiger charge is -2.29. The molecule has 0 radical (unpaired) electrons. The Morgan fingerprint density at radius 3 is 2.59 bits per heavy atom. The van der Waals surface area contributed by atoms with E-state index in [1.165, 1.54) is 23.5 Å². The maximum Gasteiger partial charge on any atom is 0.233 e. The van der Waals surface area contributed by atoms with Crippen molar-refractivity contribution in [1.82, 2.24) is 9.88 Å². The number of benzene rings is 2. The fourth-order valence-corrected chi connectivity index (χ4v) is 4.25. The number of carbonyl (C=O) groups excluding carboxylic acids is 1. The molecule has 2 aromatic carbocycles. The number of thiazole rings is 1. The summed E-state index contributed by atoms with van der Waals surface area (Å²) >= 11 is 1.52. The van der Waals surface area contributed by atoms with Crippen LogP contribution >= 0.6 is 23.7 Å². The fourth-order valence-electron chi connectivity index (χ4n) is 3.24. The monoisotopic (exact) mass is 435 g/mol. The van der Waals surface area contributed by atoms with Crippen molar-refractivity contribution in [2.24, 2.45) is 0 Å². The summed E-state index contributed by atoms with van der Waals surface area (Å²) in [6.07, 6.45) is 0.222. The Morgan fingerprint density at radius 2 is 1.86 bits per heavy atom. The summed E-state index contributed by atoms with van der Waals surface area (Å²) in [5.41, 5.74) is 1.69. The number of amides is 1. The predicted molar refractivity (Wildman–Crippen MR) is 117 cm³/mol. The number of fused-ring (bicyclic) bond motifs is 1. The number of carbonyl (C=O) groups is 1. The summed E-state index contributed by atoms with van der Waals surface area (Å²) < 4.78 is 19.6. The van der Waals surface area contributed by atoms with Crippen LogP contribution in [0, 0.1) is 5.82 Å². The van der Waals surface area contributed by atoms with Gasteiger partial charge in [0.05, 0.1) is 29.9 Å². The van der Waals surface area contributed by atoms with Gasteiger partial charge < -0.3 is 4.74 Å². The summed E-state index contributed by atoms with van der Waals surface area (Å²) in [5, 5.41) is 0.710. The number of anilines is 1. The third kappa shape index (κ3) is 5.51. The Labute approximate surface area is 179 Å². The Hall–Kier alpha value is -2.06. The number of hydrogen-bond acceptors (Lipinski definition) is 5. The van der Waals surface area contributed by atoms with Crippen molar-refractivity contribution in [3.63, 3.8) is 0 Å². The molecule has 0 aliphatic carbocycles. The molecule has 154 valence electrons. The van der Waals surface area contributed by atoms with E-state index in [2.05, 4.69) is 9.88 Å². The van der Waals surface area contributed by atoms with Crippen molar-refractivity contribution in [3.8, 4) is 0 Å². The highest BCUT2D eigenvalue weighted by Gasteiger charge is 2.21. The maximum absolute atomic E-state index is 13.2. The zero-order chi connectivity index (χ0) is 19.3. The van der Waals surface area contributed by atoms with Gasteiger partial charge in [0, 0.05) is 26.2 Å². The van der Waals surface area contributed by atoms with E-state index in [4.69, 9.17) is 4.74 Å². The normalized spacial score (nSPS) is 14.5. The molecule has 1 aliphatic heterocycles. The van der Waals surface area contributed by atoms with Crippen molar-refractivity contribution in [2.45, 2.75) is 6.42 Å². The van der Waals surface area contributed by atoms with Gasteiger partial charge in [-0.2, -0.15) is 0 Å². The van der Waals surface area contributed by atoms with E-state index in [1.807, 2.05) is 24.3 Å². The molecule has 0 unspecified atom stereocenters. The van der Waals surface area contributed by atoms with Crippen molar-refractivity contribution < 1.29 is 13.9 Å². The lowest BCUT2D eigenvalue weighted by atomic mass is 10.1. The van der Waals surface area contributed by atoms with Crippen molar-refractivity contribution in [1.29, 1.82) is 0 Å². The van der Waals surface area contributed by atoms with E-state index >= 15 is 0 Å². The van der Waals surface area contributed by atoms with E-state index < -0.39 is 0 Å². The van der Waals surface area contributed by atoms with Crippen LogP contribution in [0.25, 0.3) is 10.2 Å². The number of para-hydroxylation sites is 1. The number of morpholine rings is 1. The summed E-state index contributed by atoms with van der Waals surface area (Å²) in [6, 6.07) is 14.0. The van der Waals surface area contributed by atoms with Crippen LogP contribution < -0.4 is 4.90 Å². The zero-order valence-electron chi connectivity index (χ0n) is 15.9. The minimum Gasteiger partial charge on any atom is -0.379 e. The smallest absolute Gasteiger partial charge is 0.233 e. The molecule has 0 atom stereocenters. The summed E-state index contributed by atoms with van der Waals surface area (Å²) in [4.78, 5) is 21.8. The summed E-state index contributed by atoms with van der Waals surface area (Å²) in [5.74, 6) is -0.328. The molecule has 1 aliphatic rings. The van der Waals surface area contributed by atoms with Crippen molar-refractivity contribution >= 4 is 45.0 Å². The van der Waals surface area contributed by atoms with E-state index in [9.17, 15) is 9.18 Å². The number of halogens is 2. The molecule has 3 aromatic rings. The molecule has 1 saturated heterocycles. The van der Waals surface area contributed by atoms with Gasteiger partial charge in [0.2, 0.25) is 5.91 Å². The van der Waals surface area contributed by atoms with Crippen molar-refractivity contribution in [3.05, 3.63) is 59.9 Å². The third-order valence-corrected chi connectivity index (χ3v) is 5.89. The molecule has 2 heterocycles. The lowest BCUT2D eigenvalue weighted by molar-refractivity contribution is -0.118. The number of rotatable bonds is 6.